The molecule has 2 heterocycles. The molecule has 5 nitrogen and oxygen atoms in total. The number of fused-ring (bicyclic) bond motifs is 1. The minimum absolute atomic E-state index is 0.282. The van der Waals surface area contributed by atoms with Crippen LogP contribution in [0, 0.1) is 0 Å². The predicted molar refractivity (Wildman–Crippen MR) is 63.8 cm³/mol. The fraction of sp³-hybridized carbons (Fsp3) is 0.250. The molecular formula is C12H14N2O3. The van der Waals surface area contributed by atoms with Gasteiger partial charge >= 0.3 is 5.97 Å². The van der Waals surface area contributed by atoms with E-state index in [1.165, 1.54) is 13.3 Å². The Kier molecular flexibility index (Phi) is 4.39. The van der Waals surface area contributed by atoms with E-state index in [4.69, 9.17) is 0 Å². The Hall–Kier alpha value is -2.17. The van der Waals surface area contributed by atoms with Gasteiger partial charge in [-0.3, -0.25) is 4.79 Å². The molecule has 0 fully saturated rings. The van der Waals surface area contributed by atoms with Crippen LogP contribution in [0.4, 0.5) is 0 Å². The van der Waals surface area contributed by atoms with Crippen LogP contribution in [0.5, 0.6) is 0 Å². The first kappa shape index (κ1) is 12.9. The number of carbonyl (C=O) groups is 2. The average molecular weight is 234 g/mol. The van der Waals surface area contributed by atoms with Gasteiger partial charge in [0.15, 0.2) is 0 Å². The van der Waals surface area contributed by atoms with Crippen LogP contribution in [0.2, 0.25) is 0 Å². The van der Waals surface area contributed by atoms with Crippen molar-refractivity contribution < 1.29 is 14.3 Å². The van der Waals surface area contributed by atoms with Gasteiger partial charge in [0.25, 0.3) is 5.78 Å². The van der Waals surface area contributed by atoms with Gasteiger partial charge in [-0.1, -0.05) is 13.8 Å². The molecule has 0 radical (unpaired) electrons. The van der Waals surface area contributed by atoms with E-state index in [9.17, 15) is 9.59 Å². The fourth-order valence-electron chi connectivity index (χ4n) is 1.35. The molecule has 17 heavy (non-hydrogen) atoms. The largest absolute Gasteiger partial charge is 0.463 e. The molecule has 0 aliphatic rings. The molecule has 5 heteroatoms. The highest BCUT2D eigenvalue weighted by atomic mass is 16.5. The maximum atomic E-state index is 11.5. The maximum Gasteiger partial charge on any atom is 0.379 e. The highest BCUT2D eigenvalue weighted by Crippen LogP contribution is 2.16. The highest BCUT2D eigenvalue weighted by Gasteiger charge is 2.20. The third-order valence-corrected chi connectivity index (χ3v) is 2.07. The molecule has 0 aliphatic heterocycles. The molecular weight excluding hydrogens is 220 g/mol. The summed E-state index contributed by atoms with van der Waals surface area (Å²) in [5.74, 6) is -1.54. The summed E-state index contributed by atoms with van der Waals surface area (Å²) in [7, 11) is 1.17. The number of hydrogen-bond acceptors (Lipinski definition) is 4. The van der Waals surface area contributed by atoms with Gasteiger partial charge in [0, 0.05) is 17.8 Å². The van der Waals surface area contributed by atoms with Crippen LogP contribution >= 0.6 is 0 Å². The number of ketones is 1. The van der Waals surface area contributed by atoms with E-state index < -0.39 is 11.8 Å². The van der Waals surface area contributed by atoms with Crippen LogP contribution in [-0.4, -0.2) is 28.8 Å². The number of pyridine rings is 1. The highest BCUT2D eigenvalue weighted by molar-refractivity contribution is 6.42. The topological polar surface area (TPSA) is 72.1 Å². The van der Waals surface area contributed by atoms with Gasteiger partial charge in [0.1, 0.15) is 5.65 Å². The molecule has 0 aliphatic carbocycles. The van der Waals surface area contributed by atoms with Crippen LogP contribution in [0.3, 0.4) is 0 Å². The Morgan fingerprint density at radius 3 is 2.71 bits per heavy atom. The zero-order chi connectivity index (χ0) is 12.8. The van der Waals surface area contributed by atoms with Gasteiger partial charge in [-0.2, -0.15) is 0 Å². The molecule has 0 spiro atoms. The third kappa shape index (κ3) is 2.50. The van der Waals surface area contributed by atoms with Gasteiger partial charge in [-0.05, 0) is 12.1 Å². The van der Waals surface area contributed by atoms with Gasteiger partial charge in [0.05, 0.1) is 12.7 Å². The molecule has 0 bridgehead atoms. The van der Waals surface area contributed by atoms with Crippen LogP contribution in [0.1, 0.15) is 24.2 Å². The second-order valence-corrected chi connectivity index (χ2v) is 2.92. The first-order valence-electron chi connectivity index (χ1n) is 5.29. The molecule has 2 aromatic heterocycles. The molecule has 0 atom stereocenters. The number of ether oxygens (including phenoxy) is 1. The van der Waals surface area contributed by atoms with Gasteiger partial charge in [-0.15, -0.1) is 0 Å². The second-order valence-electron chi connectivity index (χ2n) is 2.92. The van der Waals surface area contributed by atoms with Crippen molar-refractivity contribution in [2.75, 3.05) is 7.11 Å². The van der Waals surface area contributed by atoms with Crippen molar-refractivity contribution in [1.82, 2.24) is 9.97 Å². The van der Waals surface area contributed by atoms with E-state index in [1.54, 1.807) is 18.3 Å². The van der Waals surface area contributed by atoms with E-state index in [1.807, 2.05) is 13.8 Å². The lowest BCUT2D eigenvalue weighted by molar-refractivity contribution is -0.135. The first-order chi connectivity index (χ1) is 8.24. The zero-order valence-corrected chi connectivity index (χ0v) is 9.98. The second kappa shape index (κ2) is 5.79. The first-order valence-corrected chi connectivity index (χ1v) is 5.29. The lowest BCUT2D eigenvalue weighted by atomic mass is 10.1. The standard InChI is InChI=1S/C10H8N2O3.C2H6/c1-15-10(14)8(13)7-5-12-9-6(7)3-2-4-11-9;1-2/h2-5H,1H3,(H,11,12);1-2H3. The molecule has 0 amide bonds. The third-order valence-electron chi connectivity index (χ3n) is 2.07. The molecule has 1 N–H and O–H groups in total. The number of Topliss-reactive ketones (excluding diaryl/α,β-unsaturated/α-hetero) is 1. The number of hydrogen-bond donors (Lipinski definition) is 1. The number of aromatic nitrogens is 2. The number of nitrogens with zero attached hydrogens (tertiary/aromatic N) is 1. The van der Waals surface area contributed by atoms with Gasteiger partial charge in [0.2, 0.25) is 0 Å². The zero-order valence-electron chi connectivity index (χ0n) is 9.98. The quantitative estimate of drug-likeness (QED) is 0.489. The van der Waals surface area contributed by atoms with Crippen molar-refractivity contribution in [1.29, 1.82) is 0 Å². The Morgan fingerprint density at radius 2 is 2.06 bits per heavy atom. The number of carbonyl (C=O) groups excluding carboxylic acids is 2. The summed E-state index contributed by atoms with van der Waals surface area (Å²) in [4.78, 5) is 29.4. The van der Waals surface area contributed by atoms with E-state index >= 15 is 0 Å². The molecule has 90 valence electrons. The molecule has 2 aromatic rings. The SMILES string of the molecule is CC.COC(=O)C(=O)c1c[nH]c2ncccc12. The van der Waals surface area contributed by atoms with Crippen molar-refractivity contribution in [2.24, 2.45) is 0 Å². The number of rotatable bonds is 2. The normalized spacial score (nSPS) is 9.35. The van der Waals surface area contributed by atoms with Crippen LogP contribution in [0.25, 0.3) is 11.0 Å². The molecule has 0 saturated heterocycles. The number of methoxy groups -OCH3 is 1. The van der Waals surface area contributed by atoms with Crippen LogP contribution < -0.4 is 0 Å². The van der Waals surface area contributed by atoms with Crippen LogP contribution in [0.15, 0.2) is 24.5 Å². The fourth-order valence-corrected chi connectivity index (χ4v) is 1.35. The van der Waals surface area contributed by atoms with Crippen molar-refractivity contribution in [2.45, 2.75) is 13.8 Å². The maximum absolute atomic E-state index is 11.5. The number of esters is 1. The molecule has 0 unspecified atom stereocenters. The Labute approximate surface area is 98.8 Å². The minimum atomic E-state index is -0.875. The van der Waals surface area contributed by atoms with E-state index in [-0.39, 0.29) is 5.56 Å². The summed E-state index contributed by atoms with van der Waals surface area (Å²) in [6, 6.07) is 3.42. The van der Waals surface area contributed by atoms with E-state index in [0.717, 1.165) is 0 Å². The molecule has 0 aromatic carbocycles. The summed E-state index contributed by atoms with van der Waals surface area (Å²) < 4.78 is 4.36. The summed E-state index contributed by atoms with van der Waals surface area (Å²) >= 11 is 0. The Bertz CT molecular complexity index is 531. The molecule has 0 saturated carbocycles. The van der Waals surface area contributed by atoms with Crippen molar-refractivity contribution in [3.05, 3.63) is 30.1 Å². The van der Waals surface area contributed by atoms with Crippen molar-refractivity contribution in [3.63, 3.8) is 0 Å². The summed E-state index contributed by atoms with van der Waals surface area (Å²) in [6.07, 6.45) is 3.06. The summed E-state index contributed by atoms with van der Waals surface area (Å²) in [5.41, 5.74) is 0.856. The number of H-pyrrole nitrogens is 1. The van der Waals surface area contributed by atoms with Gasteiger partial charge in [-0.25, -0.2) is 9.78 Å². The number of aromatic amines is 1. The lowest BCUT2D eigenvalue weighted by Gasteiger charge is -1.95. The van der Waals surface area contributed by atoms with Crippen molar-refractivity contribution in [3.8, 4) is 0 Å². The lowest BCUT2D eigenvalue weighted by Crippen LogP contribution is -2.15. The molecule has 2 rings (SSSR count). The van der Waals surface area contributed by atoms with E-state index in [0.29, 0.717) is 11.0 Å². The van der Waals surface area contributed by atoms with E-state index in [2.05, 4.69) is 14.7 Å². The summed E-state index contributed by atoms with van der Waals surface area (Å²) in [5, 5.41) is 0.618. The summed E-state index contributed by atoms with van der Waals surface area (Å²) in [6.45, 7) is 4.00. The number of nitrogens with one attached hydrogen (secondary N) is 1. The monoisotopic (exact) mass is 234 g/mol. The Morgan fingerprint density at radius 1 is 1.35 bits per heavy atom. The van der Waals surface area contributed by atoms with Crippen LogP contribution in [-0.2, 0) is 9.53 Å². The Balaban J connectivity index is 0.000000686. The van der Waals surface area contributed by atoms with Crippen molar-refractivity contribution >= 4 is 22.8 Å². The smallest absolute Gasteiger partial charge is 0.379 e. The minimum Gasteiger partial charge on any atom is -0.463 e. The average Bonchev–Trinajstić information content (AvgIpc) is 2.83. The predicted octanol–water partition coefficient (Wildman–Crippen LogP) is 1.94. The van der Waals surface area contributed by atoms with Gasteiger partial charge < -0.3 is 9.72 Å².